The van der Waals surface area contributed by atoms with Gasteiger partial charge in [0.15, 0.2) is 5.96 Å². The second-order valence-corrected chi connectivity index (χ2v) is 4.14. The van der Waals surface area contributed by atoms with Crippen LogP contribution in [0.5, 0.6) is 0 Å². The van der Waals surface area contributed by atoms with Crippen molar-refractivity contribution in [1.29, 1.82) is 0 Å². The summed E-state index contributed by atoms with van der Waals surface area (Å²) in [5.41, 5.74) is 8.04. The Labute approximate surface area is 138 Å². The van der Waals surface area contributed by atoms with Crippen molar-refractivity contribution in [2.45, 2.75) is 19.8 Å². The minimum atomic E-state index is 0. The van der Waals surface area contributed by atoms with Crippen molar-refractivity contribution < 1.29 is 4.74 Å². The third kappa shape index (κ3) is 8.16. The summed E-state index contributed by atoms with van der Waals surface area (Å²) in [6, 6.07) is 8.14. The van der Waals surface area contributed by atoms with Crippen molar-refractivity contribution in [2.75, 3.05) is 25.1 Å². The maximum atomic E-state index is 5.81. The smallest absolute Gasteiger partial charge is 0.193 e. The first kappa shape index (κ1) is 18.9. The molecule has 3 N–H and O–H groups in total. The number of ether oxygens (including phenoxy) is 1. The highest BCUT2D eigenvalue weighted by atomic mass is 127. The van der Waals surface area contributed by atoms with Gasteiger partial charge in [-0.2, -0.15) is 0 Å². The van der Waals surface area contributed by atoms with Gasteiger partial charge in [-0.3, -0.25) is 4.99 Å². The predicted octanol–water partition coefficient (Wildman–Crippen LogP) is 3.19. The van der Waals surface area contributed by atoms with Gasteiger partial charge in [-0.05, 0) is 30.5 Å². The van der Waals surface area contributed by atoms with Crippen LogP contribution in [0.3, 0.4) is 0 Å². The lowest BCUT2D eigenvalue weighted by molar-refractivity contribution is 0.146. The molecule has 112 valence electrons. The first-order valence-electron chi connectivity index (χ1n) is 6.60. The van der Waals surface area contributed by atoms with E-state index >= 15 is 0 Å². The Balaban J connectivity index is 0.00000361. The summed E-state index contributed by atoms with van der Waals surface area (Å²) in [7, 11) is 0. The molecule has 0 aromatic heterocycles. The normalized spacial score (nSPS) is 10.8. The van der Waals surface area contributed by atoms with E-state index < -0.39 is 0 Å². The SMILES string of the molecule is C=CCCOCCN=C(N)Nc1cccc(CC)c1.I. The van der Waals surface area contributed by atoms with Crippen molar-refractivity contribution in [1.82, 2.24) is 0 Å². The monoisotopic (exact) mass is 389 g/mol. The van der Waals surface area contributed by atoms with Crippen LogP contribution >= 0.6 is 24.0 Å². The number of hydrogen-bond donors (Lipinski definition) is 2. The van der Waals surface area contributed by atoms with Crippen molar-refractivity contribution >= 4 is 35.6 Å². The molecule has 0 saturated carbocycles. The lowest BCUT2D eigenvalue weighted by Crippen LogP contribution is -2.23. The summed E-state index contributed by atoms with van der Waals surface area (Å²) in [6.07, 6.45) is 3.70. The maximum absolute atomic E-state index is 5.81. The van der Waals surface area contributed by atoms with E-state index in [1.807, 2.05) is 18.2 Å². The number of nitrogens with zero attached hydrogens (tertiary/aromatic N) is 1. The number of halogens is 1. The van der Waals surface area contributed by atoms with Gasteiger partial charge < -0.3 is 15.8 Å². The molecule has 0 heterocycles. The van der Waals surface area contributed by atoms with Crippen LogP contribution in [0.1, 0.15) is 18.9 Å². The minimum absolute atomic E-state index is 0. The number of benzene rings is 1. The summed E-state index contributed by atoms with van der Waals surface area (Å²) in [4.78, 5) is 4.21. The molecule has 0 aliphatic heterocycles. The van der Waals surface area contributed by atoms with Crippen molar-refractivity contribution in [3.05, 3.63) is 42.5 Å². The Morgan fingerprint density at radius 3 is 2.95 bits per heavy atom. The number of guanidine groups is 1. The lowest BCUT2D eigenvalue weighted by atomic mass is 10.1. The summed E-state index contributed by atoms with van der Waals surface area (Å²) < 4.78 is 5.35. The van der Waals surface area contributed by atoms with Crippen molar-refractivity contribution in [3.8, 4) is 0 Å². The van der Waals surface area contributed by atoms with E-state index in [1.54, 1.807) is 0 Å². The summed E-state index contributed by atoms with van der Waals surface area (Å²) >= 11 is 0. The number of nitrogens with two attached hydrogens (primary N) is 1. The molecular weight excluding hydrogens is 365 g/mol. The second-order valence-electron chi connectivity index (χ2n) is 4.14. The molecule has 4 nitrogen and oxygen atoms in total. The van der Waals surface area contributed by atoms with Crippen LogP contribution in [-0.4, -0.2) is 25.7 Å². The molecular formula is C15H24IN3O. The third-order valence-electron chi connectivity index (χ3n) is 2.59. The first-order valence-corrected chi connectivity index (χ1v) is 6.60. The van der Waals surface area contributed by atoms with E-state index in [9.17, 15) is 0 Å². The lowest BCUT2D eigenvalue weighted by Gasteiger charge is -2.07. The van der Waals surface area contributed by atoms with Crippen molar-refractivity contribution in [2.24, 2.45) is 10.7 Å². The van der Waals surface area contributed by atoms with Crippen LogP contribution < -0.4 is 11.1 Å². The van der Waals surface area contributed by atoms with E-state index in [1.165, 1.54) is 5.56 Å². The number of aliphatic imine (C=N–C) groups is 1. The highest BCUT2D eigenvalue weighted by molar-refractivity contribution is 14.0. The molecule has 0 radical (unpaired) electrons. The molecule has 0 fully saturated rings. The molecule has 1 rings (SSSR count). The van der Waals surface area contributed by atoms with Gasteiger partial charge in [-0.1, -0.05) is 25.1 Å². The maximum Gasteiger partial charge on any atom is 0.193 e. The van der Waals surface area contributed by atoms with Crippen LogP contribution in [-0.2, 0) is 11.2 Å². The Morgan fingerprint density at radius 1 is 1.45 bits per heavy atom. The first-order chi connectivity index (χ1) is 9.26. The van der Waals surface area contributed by atoms with Crippen LogP contribution in [0.4, 0.5) is 5.69 Å². The molecule has 5 heteroatoms. The Hall–Kier alpha value is -1.08. The molecule has 1 aromatic carbocycles. The Bertz CT molecular complexity index is 421. The number of rotatable bonds is 8. The third-order valence-corrected chi connectivity index (χ3v) is 2.59. The van der Waals surface area contributed by atoms with Crippen LogP contribution in [0.25, 0.3) is 0 Å². The zero-order valence-electron chi connectivity index (χ0n) is 12.0. The molecule has 0 saturated heterocycles. The summed E-state index contributed by atoms with van der Waals surface area (Å²) in [6.45, 7) is 7.57. The van der Waals surface area contributed by atoms with E-state index in [2.05, 4.69) is 35.9 Å². The predicted molar refractivity (Wildman–Crippen MR) is 97.0 cm³/mol. The van der Waals surface area contributed by atoms with Gasteiger partial charge in [0.05, 0.1) is 19.8 Å². The Morgan fingerprint density at radius 2 is 2.25 bits per heavy atom. The molecule has 0 atom stereocenters. The highest BCUT2D eigenvalue weighted by Gasteiger charge is 1.96. The van der Waals surface area contributed by atoms with Gasteiger partial charge in [0.25, 0.3) is 0 Å². The zero-order chi connectivity index (χ0) is 13.9. The largest absolute Gasteiger partial charge is 0.379 e. The molecule has 0 unspecified atom stereocenters. The topological polar surface area (TPSA) is 59.6 Å². The van der Waals surface area contributed by atoms with Crippen LogP contribution in [0.2, 0.25) is 0 Å². The quantitative estimate of drug-likeness (QED) is 0.236. The van der Waals surface area contributed by atoms with Crippen LogP contribution in [0, 0.1) is 0 Å². The van der Waals surface area contributed by atoms with Gasteiger partial charge in [0, 0.05) is 5.69 Å². The highest BCUT2D eigenvalue weighted by Crippen LogP contribution is 2.10. The minimum Gasteiger partial charge on any atom is -0.379 e. The van der Waals surface area contributed by atoms with Crippen LogP contribution in [0.15, 0.2) is 41.9 Å². The fourth-order valence-corrected chi connectivity index (χ4v) is 1.56. The van der Waals surface area contributed by atoms with Gasteiger partial charge >= 0.3 is 0 Å². The number of anilines is 1. The van der Waals surface area contributed by atoms with Gasteiger partial charge in [-0.25, -0.2) is 0 Å². The molecule has 0 amide bonds. The molecule has 0 aliphatic rings. The average molecular weight is 389 g/mol. The van der Waals surface area contributed by atoms with Gasteiger partial charge in [0.1, 0.15) is 0 Å². The fourth-order valence-electron chi connectivity index (χ4n) is 1.56. The second kappa shape index (κ2) is 11.7. The molecule has 0 aliphatic carbocycles. The zero-order valence-corrected chi connectivity index (χ0v) is 14.3. The van der Waals surface area contributed by atoms with Gasteiger partial charge in [0.2, 0.25) is 0 Å². The van der Waals surface area contributed by atoms with Gasteiger partial charge in [-0.15, -0.1) is 30.6 Å². The molecule has 20 heavy (non-hydrogen) atoms. The molecule has 0 bridgehead atoms. The Kier molecular flexibility index (Phi) is 11.1. The summed E-state index contributed by atoms with van der Waals surface area (Å²) in [5.74, 6) is 0.417. The molecule has 0 spiro atoms. The number of aryl methyl sites for hydroxylation is 1. The van der Waals surface area contributed by atoms with E-state index in [-0.39, 0.29) is 24.0 Å². The van der Waals surface area contributed by atoms with Crippen molar-refractivity contribution in [3.63, 3.8) is 0 Å². The summed E-state index contributed by atoms with van der Waals surface area (Å²) in [5, 5.41) is 3.07. The standard InChI is InChI=1S/C15H23N3O.HI/c1-3-5-10-19-11-9-17-15(16)18-14-8-6-7-13(4-2)12-14;/h3,6-8,12H,1,4-5,9-11H2,2H3,(H3,16,17,18);1H. The number of hydrogen-bond acceptors (Lipinski definition) is 2. The number of nitrogens with one attached hydrogen (secondary N) is 1. The van der Waals surface area contributed by atoms with E-state index in [4.69, 9.17) is 10.5 Å². The molecule has 1 aromatic rings. The van der Waals surface area contributed by atoms with E-state index in [0.717, 1.165) is 18.5 Å². The fraction of sp³-hybridized carbons (Fsp3) is 0.400. The van der Waals surface area contributed by atoms with E-state index in [0.29, 0.717) is 25.7 Å². The average Bonchev–Trinajstić information content (AvgIpc) is 2.43.